The lowest BCUT2D eigenvalue weighted by atomic mass is 10.0. The van der Waals surface area contributed by atoms with Gasteiger partial charge in [-0.05, 0) is 24.6 Å². The molecule has 2 aromatic rings. The van der Waals surface area contributed by atoms with Crippen LogP contribution in [0.15, 0.2) is 35.1 Å². The topological polar surface area (TPSA) is 52.0 Å². The molecule has 1 aromatic heterocycles. The van der Waals surface area contributed by atoms with Crippen LogP contribution in [-0.2, 0) is 6.42 Å². The van der Waals surface area contributed by atoms with Gasteiger partial charge in [-0.25, -0.2) is 4.98 Å². The number of hydrogen-bond acceptors (Lipinski definition) is 3. The van der Waals surface area contributed by atoms with Gasteiger partial charge in [0.2, 0.25) is 0 Å². The molecule has 0 unspecified atom stereocenters. The first-order valence-corrected chi connectivity index (χ1v) is 5.95. The first-order valence-electron chi connectivity index (χ1n) is 5.95. The second-order valence-electron chi connectivity index (χ2n) is 4.46. The lowest BCUT2D eigenvalue weighted by Crippen LogP contribution is -2.02. The van der Waals surface area contributed by atoms with E-state index in [-0.39, 0.29) is 0 Å². The molecule has 0 amide bonds. The van der Waals surface area contributed by atoms with Crippen LogP contribution in [0.25, 0.3) is 11.3 Å². The van der Waals surface area contributed by atoms with Gasteiger partial charge in [-0.3, -0.25) is 0 Å². The average molecular weight is 230 g/mol. The molecule has 2 rings (SSSR count). The maximum Gasteiger partial charge on any atom is 0.181 e. The molecule has 0 radical (unpaired) electrons. The predicted octanol–water partition coefficient (Wildman–Crippen LogP) is 2.97. The summed E-state index contributed by atoms with van der Waals surface area (Å²) in [5, 5.41) is 0. The van der Waals surface area contributed by atoms with Gasteiger partial charge in [0, 0.05) is 11.5 Å². The van der Waals surface area contributed by atoms with E-state index in [1.165, 1.54) is 12.0 Å². The fraction of sp³-hybridized carbons (Fsp3) is 0.357. The quantitative estimate of drug-likeness (QED) is 0.878. The molecule has 0 saturated carbocycles. The van der Waals surface area contributed by atoms with Crippen molar-refractivity contribution in [3.8, 4) is 11.3 Å². The van der Waals surface area contributed by atoms with E-state index in [9.17, 15) is 0 Å². The predicted molar refractivity (Wildman–Crippen MR) is 68.8 cm³/mol. The summed E-state index contributed by atoms with van der Waals surface area (Å²) in [5.41, 5.74) is 8.86. The first kappa shape index (κ1) is 11.9. The summed E-state index contributed by atoms with van der Waals surface area (Å²) in [5.74, 6) is 1.28. The number of aromatic nitrogens is 1. The molecule has 0 spiro atoms. The molecule has 2 N–H and O–H groups in total. The van der Waals surface area contributed by atoms with Crippen molar-refractivity contribution < 1.29 is 4.42 Å². The Hall–Kier alpha value is -1.61. The highest BCUT2D eigenvalue weighted by atomic mass is 16.3. The van der Waals surface area contributed by atoms with Crippen molar-refractivity contribution in [2.75, 3.05) is 6.54 Å². The molecular weight excluding hydrogens is 212 g/mol. The maximum atomic E-state index is 5.57. The number of oxazole rings is 1. The van der Waals surface area contributed by atoms with Crippen LogP contribution in [0.2, 0.25) is 0 Å². The third kappa shape index (κ3) is 2.56. The summed E-state index contributed by atoms with van der Waals surface area (Å²) < 4.78 is 5.44. The van der Waals surface area contributed by atoms with Gasteiger partial charge in [-0.15, -0.1) is 0 Å². The van der Waals surface area contributed by atoms with Gasteiger partial charge in [0.15, 0.2) is 6.39 Å². The van der Waals surface area contributed by atoms with Gasteiger partial charge in [0.05, 0.1) is 0 Å². The van der Waals surface area contributed by atoms with Crippen LogP contribution in [0.4, 0.5) is 0 Å². The van der Waals surface area contributed by atoms with E-state index in [1.54, 1.807) is 0 Å². The normalized spacial score (nSPS) is 11.1. The Morgan fingerprint density at radius 1 is 1.35 bits per heavy atom. The molecule has 0 aliphatic rings. The summed E-state index contributed by atoms with van der Waals surface area (Å²) in [4.78, 5) is 4.31. The molecule has 1 aromatic carbocycles. The molecular formula is C14H18N2O. The van der Waals surface area contributed by atoms with Crippen LogP contribution in [0.3, 0.4) is 0 Å². The van der Waals surface area contributed by atoms with Crippen molar-refractivity contribution in [3.63, 3.8) is 0 Å². The van der Waals surface area contributed by atoms with E-state index in [1.807, 2.05) is 6.07 Å². The Balaban J connectivity index is 2.38. The van der Waals surface area contributed by atoms with Crippen LogP contribution < -0.4 is 5.73 Å². The maximum absolute atomic E-state index is 5.57. The summed E-state index contributed by atoms with van der Waals surface area (Å²) in [6, 6.07) is 8.32. The summed E-state index contributed by atoms with van der Waals surface area (Å²) in [7, 11) is 0. The minimum Gasteiger partial charge on any atom is -0.448 e. The highest BCUT2D eigenvalue weighted by Gasteiger charge is 2.13. The highest BCUT2D eigenvalue weighted by Crippen LogP contribution is 2.28. The fourth-order valence-electron chi connectivity index (χ4n) is 1.92. The van der Waals surface area contributed by atoms with Crippen molar-refractivity contribution in [2.24, 2.45) is 5.73 Å². The Morgan fingerprint density at radius 2 is 2.18 bits per heavy atom. The molecule has 3 nitrogen and oxygen atoms in total. The Labute approximate surface area is 102 Å². The third-order valence-electron chi connectivity index (χ3n) is 2.75. The van der Waals surface area contributed by atoms with Crippen molar-refractivity contribution in [3.05, 3.63) is 42.0 Å². The standard InChI is InChI=1S/C14H18N2O/c1-10(2)14-13(16-9-17-14)12-5-3-4-11(8-12)6-7-15/h3-5,8-10H,6-7,15H2,1-2H3. The molecule has 90 valence electrons. The van der Waals surface area contributed by atoms with Crippen LogP contribution >= 0.6 is 0 Å². The Morgan fingerprint density at radius 3 is 2.88 bits per heavy atom. The molecule has 1 heterocycles. The summed E-state index contributed by atoms with van der Waals surface area (Å²) in [6.07, 6.45) is 2.41. The zero-order valence-corrected chi connectivity index (χ0v) is 10.3. The van der Waals surface area contributed by atoms with Gasteiger partial charge < -0.3 is 10.2 Å². The van der Waals surface area contributed by atoms with E-state index in [0.29, 0.717) is 12.5 Å². The summed E-state index contributed by atoms with van der Waals surface area (Å²) >= 11 is 0. The van der Waals surface area contributed by atoms with Crippen molar-refractivity contribution >= 4 is 0 Å². The van der Waals surface area contributed by atoms with Gasteiger partial charge >= 0.3 is 0 Å². The van der Waals surface area contributed by atoms with Gasteiger partial charge in [-0.2, -0.15) is 0 Å². The number of benzene rings is 1. The van der Waals surface area contributed by atoms with Crippen LogP contribution in [0, 0.1) is 0 Å². The van der Waals surface area contributed by atoms with Gasteiger partial charge in [0.1, 0.15) is 11.5 Å². The zero-order valence-electron chi connectivity index (χ0n) is 10.3. The largest absolute Gasteiger partial charge is 0.448 e. The van der Waals surface area contributed by atoms with Crippen LogP contribution in [-0.4, -0.2) is 11.5 Å². The van der Waals surface area contributed by atoms with Gasteiger partial charge in [0.25, 0.3) is 0 Å². The van der Waals surface area contributed by atoms with Crippen molar-refractivity contribution in [2.45, 2.75) is 26.2 Å². The molecule has 0 saturated heterocycles. The second kappa shape index (κ2) is 5.15. The van der Waals surface area contributed by atoms with E-state index < -0.39 is 0 Å². The lowest BCUT2D eigenvalue weighted by molar-refractivity contribution is 0.483. The summed E-state index contributed by atoms with van der Waals surface area (Å²) in [6.45, 7) is 4.88. The van der Waals surface area contributed by atoms with Gasteiger partial charge in [-0.1, -0.05) is 32.0 Å². The number of nitrogens with zero attached hydrogens (tertiary/aromatic N) is 1. The third-order valence-corrected chi connectivity index (χ3v) is 2.75. The molecule has 0 fully saturated rings. The number of rotatable bonds is 4. The highest BCUT2D eigenvalue weighted by molar-refractivity contribution is 5.62. The first-order chi connectivity index (χ1) is 8.22. The second-order valence-corrected chi connectivity index (χ2v) is 4.46. The van der Waals surface area contributed by atoms with E-state index in [2.05, 4.69) is 37.0 Å². The van der Waals surface area contributed by atoms with Crippen molar-refractivity contribution in [1.82, 2.24) is 4.98 Å². The lowest BCUT2D eigenvalue weighted by Gasteiger charge is -2.06. The zero-order chi connectivity index (χ0) is 12.3. The minimum atomic E-state index is 0.339. The molecule has 0 bridgehead atoms. The molecule has 0 atom stereocenters. The average Bonchev–Trinajstić information content (AvgIpc) is 2.79. The molecule has 0 aliphatic heterocycles. The van der Waals surface area contributed by atoms with Crippen molar-refractivity contribution in [1.29, 1.82) is 0 Å². The SMILES string of the molecule is CC(C)c1ocnc1-c1cccc(CCN)c1. The van der Waals surface area contributed by atoms with E-state index in [0.717, 1.165) is 23.4 Å². The smallest absolute Gasteiger partial charge is 0.181 e. The number of hydrogen-bond donors (Lipinski definition) is 1. The monoisotopic (exact) mass is 230 g/mol. The Kier molecular flexibility index (Phi) is 3.59. The minimum absolute atomic E-state index is 0.339. The van der Waals surface area contributed by atoms with E-state index >= 15 is 0 Å². The van der Waals surface area contributed by atoms with E-state index in [4.69, 9.17) is 10.2 Å². The van der Waals surface area contributed by atoms with Crippen LogP contribution in [0.5, 0.6) is 0 Å². The fourth-order valence-corrected chi connectivity index (χ4v) is 1.92. The molecule has 17 heavy (non-hydrogen) atoms. The molecule has 3 heteroatoms. The Bertz CT molecular complexity index is 488. The number of nitrogens with two attached hydrogens (primary N) is 1. The molecule has 0 aliphatic carbocycles. The van der Waals surface area contributed by atoms with Crippen LogP contribution in [0.1, 0.15) is 31.1 Å².